The van der Waals surface area contributed by atoms with Crippen LogP contribution in [-0.4, -0.2) is 12.5 Å². The monoisotopic (exact) mass is 294 g/mol. The molecule has 0 spiro atoms. The van der Waals surface area contributed by atoms with Gasteiger partial charge < -0.3 is 11.1 Å². The lowest BCUT2D eigenvalue weighted by molar-refractivity contribution is 0.0959. The maximum Gasteiger partial charge on any atom is 0.263 e. The van der Waals surface area contributed by atoms with Crippen molar-refractivity contribution in [3.8, 4) is 0 Å². The quantitative estimate of drug-likeness (QED) is 0.665. The average molecular weight is 295 g/mol. The van der Waals surface area contributed by atoms with Gasteiger partial charge in [-0.3, -0.25) is 4.79 Å². The fourth-order valence-electron chi connectivity index (χ4n) is 1.78. The number of thiophene rings is 1. The van der Waals surface area contributed by atoms with Crippen molar-refractivity contribution in [2.24, 2.45) is 0 Å². The van der Waals surface area contributed by atoms with Crippen LogP contribution in [0.15, 0.2) is 30.4 Å². The minimum atomic E-state index is -0.126. The predicted octanol–water partition coefficient (Wildman–Crippen LogP) is 3.83. The van der Waals surface area contributed by atoms with Crippen molar-refractivity contribution in [1.82, 2.24) is 5.32 Å². The number of amides is 1. The summed E-state index contributed by atoms with van der Waals surface area (Å²) in [6, 6.07) is 5.45. The number of nitrogens with two attached hydrogens (primary N) is 1. The zero-order valence-electron chi connectivity index (χ0n) is 10.6. The summed E-state index contributed by atoms with van der Waals surface area (Å²) in [6.07, 6.45) is 4.79. The summed E-state index contributed by atoms with van der Waals surface area (Å²) in [5.41, 5.74) is 6.54. The number of carbonyl (C=O) groups is 1. The van der Waals surface area contributed by atoms with Gasteiger partial charge in [0, 0.05) is 21.7 Å². The molecule has 1 aromatic carbocycles. The van der Waals surface area contributed by atoms with Gasteiger partial charge in [0.15, 0.2) is 0 Å². The van der Waals surface area contributed by atoms with Crippen LogP contribution in [0.3, 0.4) is 0 Å². The zero-order chi connectivity index (χ0) is 13.8. The Labute approximate surface area is 121 Å². The molecule has 3 N–H and O–H groups in total. The Morgan fingerprint density at radius 2 is 2.32 bits per heavy atom. The minimum Gasteiger partial charge on any atom is -0.397 e. The molecule has 1 amide bonds. The average Bonchev–Trinajstić information content (AvgIpc) is 2.71. The lowest BCUT2D eigenvalue weighted by Gasteiger charge is -2.01. The van der Waals surface area contributed by atoms with Gasteiger partial charge in [-0.25, -0.2) is 0 Å². The summed E-state index contributed by atoms with van der Waals surface area (Å²) in [6.45, 7) is 2.56. The zero-order valence-corrected chi connectivity index (χ0v) is 12.1. The molecule has 0 atom stereocenters. The van der Waals surface area contributed by atoms with Crippen LogP contribution >= 0.6 is 22.9 Å². The third-order valence-corrected chi connectivity index (χ3v) is 4.13. The number of benzene rings is 1. The van der Waals surface area contributed by atoms with Gasteiger partial charge >= 0.3 is 0 Å². The molecule has 0 unspecified atom stereocenters. The SMILES string of the molecule is C/C=C/CCNC(=O)c1sc2cc(Cl)ccc2c1N. The molecule has 5 heteroatoms. The van der Waals surface area contributed by atoms with Crippen molar-refractivity contribution < 1.29 is 4.79 Å². The van der Waals surface area contributed by atoms with E-state index in [1.807, 2.05) is 31.2 Å². The van der Waals surface area contributed by atoms with E-state index in [2.05, 4.69) is 5.32 Å². The molecule has 0 saturated heterocycles. The Morgan fingerprint density at radius 1 is 1.53 bits per heavy atom. The summed E-state index contributed by atoms with van der Waals surface area (Å²) < 4.78 is 0.934. The van der Waals surface area contributed by atoms with Crippen LogP contribution in [0.25, 0.3) is 10.1 Å². The molecular formula is C14H15ClN2OS. The Morgan fingerprint density at radius 3 is 3.05 bits per heavy atom. The molecule has 0 aliphatic carbocycles. The highest BCUT2D eigenvalue weighted by Gasteiger charge is 2.15. The van der Waals surface area contributed by atoms with E-state index in [4.69, 9.17) is 17.3 Å². The lowest BCUT2D eigenvalue weighted by Crippen LogP contribution is -2.23. The molecule has 0 aliphatic rings. The van der Waals surface area contributed by atoms with Crippen LogP contribution in [0.5, 0.6) is 0 Å². The molecule has 1 aromatic heterocycles. The van der Waals surface area contributed by atoms with E-state index in [0.717, 1.165) is 16.5 Å². The number of nitrogens with one attached hydrogen (secondary N) is 1. The first-order valence-electron chi connectivity index (χ1n) is 6.00. The van der Waals surface area contributed by atoms with E-state index in [-0.39, 0.29) is 5.91 Å². The van der Waals surface area contributed by atoms with Crippen molar-refractivity contribution in [2.45, 2.75) is 13.3 Å². The first kappa shape index (κ1) is 13.9. The Bertz CT molecular complexity index is 634. The predicted molar refractivity (Wildman–Crippen MR) is 83.0 cm³/mol. The second kappa shape index (κ2) is 6.08. The van der Waals surface area contributed by atoms with Crippen LogP contribution in [0.4, 0.5) is 5.69 Å². The number of hydrogen-bond donors (Lipinski definition) is 2. The van der Waals surface area contributed by atoms with Crippen LogP contribution in [0.1, 0.15) is 23.0 Å². The van der Waals surface area contributed by atoms with Gasteiger partial charge in [-0.15, -0.1) is 11.3 Å². The van der Waals surface area contributed by atoms with Gasteiger partial charge in [-0.05, 0) is 31.5 Å². The van der Waals surface area contributed by atoms with Crippen molar-refractivity contribution in [2.75, 3.05) is 12.3 Å². The van der Waals surface area contributed by atoms with Gasteiger partial charge in [-0.1, -0.05) is 23.8 Å². The second-order valence-corrected chi connectivity index (χ2v) is 5.59. The van der Waals surface area contributed by atoms with Crippen LogP contribution in [0, 0.1) is 0 Å². The smallest absolute Gasteiger partial charge is 0.263 e. The molecular weight excluding hydrogens is 280 g/mol. The molecule has 3 nitrogen and oxygen atoms in total. The molecule has 0 bridgehead atoms. The van der Waals surface area contributed by atoms with Gasteiger partial charge in [0.1, 0.15) is 4.88 Å². The molecule has 0 fully saturated rings. The van der Waals surface area contributed by atoms with Crippen molar-refractivity contribution in [3.05, 3.63) is 40.3 Å². The van der Waals surface area contributed by atoms with Gasteiger partial charge in [0.25, 0.3) is 5.91 Å². The van der Waals surface area contributed by atoms with E-state index in [9.17, 15) is 4.79 Å². The molecule has 2 rings (SSSR count). The van der Waals surface area contributed by atoms with Crippen LogP contribution in [-0.2, 0) is 0 Å². The van der Waals surface area contributed by atoms with E-state index >= 15 is 0 Å². The van der Waals surface area contributed by atoms with Crippen molar-refractivity contribution in [3.63, 3.8) is 0 Å². The maximum atomic E-state index is 12.0. The first-order valence-corrected chi connectivity index (χ1v) is 7.20. The normalized spacial score (nSPS) is 11.3. The maximum absolute atomic E-state index is 12.0. The topological polar surface area (TPSA) is 55.1 Å². The molecule has 0 aliphatic heterocycles. The minimum absolute atomic E-state index is 0.126. The van der Waals surface area contributed by atoms with E-state index in [1.54, 1.807) is 6.07 Å². The number of allylic oxidation sites excluding steroid dienone is 1. The first-order chi connectivity index (χ1) is 9.13. The fraction of sp³-hybridized carbons (Fsp3) is 0.214. The van der Waals surface area contributed by atoms with Gasteiger partial charge in [0.2, 0.25) is 0 Å². The number of rotatable bonds is 4. The third-order valence-electron chi connectivity index (χ3n) is 2.73. The van der Waals surface area contributed by atoms with E-state index in [1.165, 1.54) is 11.3 Å². The highest BCUT2D eigenvalue weighted by molar-refractivity contribution is 7.21. The number of carbonyl (C=O) groups excluding carboxylic acids is 1. The number of nitrogen functional groups attached to an aromatic ring is 1. The lowest BCUT2D eigenvalue weighted by atomic mass is 10.2. The molecule has 0 saturated carbocycles. The van der Waals surface area contributed by atoms with E-state index in [0.29, 0.717) is 22.1 Å². The number of fused-ring (bicyclic) bond motifs is 1. The summed E-state index contributed by atoms with van der Waals surface area (Å²) >= 11 is 7.31. The standard InChI is InChI=1S/C14H15ClN2OS/c1-2-3-4-7-17-14(18)13-12(16)10-6-5-9(15)8-11(10)19-13/h2-3,5-6,8H,4,7,16H2,1H3,(H,17,18)/b3-2+. The molecule has 19 heavy (non-hydrogen) atoms. The highest BCUT2D eigenvalue weighted by Crippen LogP contribution is 2.35. The summed E-state index contributed by atoms with van der Waals surface area (Å²) in [5.74, 6) is -0.126. The van der Waals surface area contributed by atoms with E-state index < -0.39 is 0 Å². The number of halogens is 1. The van der Waals surface area contributed by atoms with Crippen molar-refractivity contribution >= 4 is 44.6 Å². The molecule has 2 aromatic rings. The Balaban J connectivity index is 2.20. The highest BCUT2D eigenvalue weighted by atomic mass is 35.5. The largest absolute Gasteiger partial charge is 0.397 e. The van der Waals surface area contributed by atoms with Gasteiger partial charge in [0.05, 0.1) is 5.69 Å². The summed E-state index contributed by atoms with van der Waals surface area (Å²) in [5, 5.41) is 4.39. The summed E-state index contributed by atoms with van der Waals surface area (Å²) in [7, 11) is 0. The second-order valence-electron chi connectivity index (χ2n) is 4.10. The van der Waals surface area contributed by atoms with Crippen molar-refractivity contribution in [1.29, 1.82) is 0 Å². The molecule has 0 radical (unpaired) electrons. The molecule has 1 heterocycles. The van der Waals surface area contributed by atoms with Gasteiger partial charge in [-0.2, -0.15) is 0 Å². The summed E-state index contributed by atoms with van der Waals surface area (Å²) in [4.78, 5) is 12.6. The van der Waals surface area contributed by atoms with Crippen LogP contribution in [0.2, 0.25) is 5.02 Å². The fourth-order valence-corrected chi connectivity index (χ4v) is 3.09. The van der Waals surface area contributed by atoms with Crippen LogP contribution < -0.4 is 11.1 Å². The number of hydrogen-bond acceptors (Lipinski definition) is 3. The Hall–Kier alpha value is -1.52. The number of anilines is 1. The molecule has 100 valence electrons. The Kier molecular flexibility index (Phi) is 4.45. The third kappa shape index (κ3) is 3.08.